The van der Waals surface area contributed by atoms with E-state index in [9.17, 15) is 10.2 Å². The molecule has 10 heteroatoms. The van der Waals surface area contributed by atoms with Gasteiger partial charge in [-0.05, 0) is 49.9 Å². The van der Waals surface area contributed by atoms with Crippen LogP contribution in [0.1, 0.15) is 31.9 Å². The minimum atomic E-state index is -0.822. The van der Waals surface area contributed by atoms with E-state index in [1.165, 1.54) is 24.3 Å². The Labute approximate surface area is 235 Å². The van der Waals surface area contributed by atoms with Gasteiger partial charge >= 0.3 is 0 Å². The second kappa shape index (κ2) is 13.9. The maximum Gasteiger partial charge on any atom is 0.227 e. The predicted molar refractivity (Wildman–Crippen MR) is 158 cm³/mol. The summed E-state index contributed by atoms with van der Waals surface area (Å²) < 4.78 is 21.2. The monoisotopic (exact) mass is 559 g/mol. The van der Waals surface area contributed by atoms with Crippen molar-refractivity contribution in [3.05, 3.63) is 65.5 Å². The molecule has 1 aliphatic heterocycles. The molecule has 2 unspecified atom stereocenters. The molecule has 0 saturated carbocycles. The Bertz CT molecular complexity index is 1200. The first-order chi connectivity index (χ1) is 18.6. The number of phenolic OH excluding ortho intramolecular Hbond substituents is 1. The maximum atomic E-state index is 15.1. The summed E-state index contributed by atoms with van der Waals surface area (Å²) in [7, 11) is 1.88. The van der Waals surface area contributed by atoms with Gasteiger partial charge < -0.3 is 30.1 Å². The summed E-state index contributed by atoms with van der Waals surface area (Å²) in [6.07, 6.45) is -0.133. The first-order valence-corrected chi connectivity index (χ1v) is 13.4. The predicted octanol–water partition coefficient (Wildman–Crippen LogP) is 4.72. The fourth-order valence-electron chi connectivity index (χ4n) is 4.53. The van der Waals surface area contributed by atoms with Gasteiger partial charge in [0.15, 0.2) is 0 Å². The van der Waals surface area contributed by atoms with E-state index < -0.39 is 18.4 Å². The van der Waals surface area contributed by atoms with Crippen LogP contribution in [-0.2, 0) is 4.74 Å². The van der Waals surface area contributed by atoms with Crippen LogP contribution in [0.5, 0.6) is 5.75 Å². The largest absolute Gasteiger partial charge is 0.507 e. The fraction of sp³-hybridized carbons (Fsp3) is 0.414. The lowest BCUT2D eigenvalue weighted by molar-refractivity contribution is 0.0593. The van der Waals surface area contributed by atoms with Crippen molar-refractivity contribution < 1.29 is 19.3 Å². The van der Waals surface area contributed by atoms with Gasteiger partial charge in [-0.2, -0.15) is 0 Å². The highest BCUT2D eigenvalue weighted by Gasteiger charge is 2.30. The number of likely N-dealkylation sites (N-methyl/N-ethyl adjacent to an activating group) is 2. The number of nitrogens with zero attached hydrogens (tertiary/aromatic N) is 3. The lowest BCUT2D eigenvalue weighted by Crippen LogP contribution is -2.41. The quantitative estimate of drug-likeness (QED) is 0.208. The third kappa shape index (κ3) is 7.17. The molecule has 0 radical (unpaired) electrons. The van der Waals surface area contributed by atoms with Crippen LogP contribution in [-0.4, -0.2) is 84.8 Å². The van der Waals surface area contributed by atoms with Gasteiger partial charge in [-0.25, -0.2) is 9.38 Å². The summed E-state index contributed by atoms with van der Waals surface area (Å²) in [5.41, 5.74) is 2.86. The molecule has 1 aliphatic rings. The van der Waals surface area contributed by atoms with Crippen molar-refractivity contribution >= 4 is 28.7 Å². The molecule has 39 heavy (non-hydrogen) atoms. The number of phenols is 1. The van der Waals surface area contributed by atoms with E-state index in [0.717, 1.165) is 19.6 Å². The number of benzene rings is 2. The van der Waals surface area contributed by atoms with Gasteiger partial charge in [0.1, 0.15) is 23.6 Å². The Morgan fingerprint density at radius 2 is 2.03 bits per heavy atom. The number of aliphatic hydroxyl groups excluding tert-OH is 1. The molecule has 212 valence electrons. The topological polar surface area (TPSA) is 92.6 Å². The zero-order valence-electron chi connectivity index (χ0n) is 23.1. The Morgan fingerprint density at radius 3 is 2.64 bits per heavy atom. The van der Waals surface area contributed by atoms with Gasteiger partial charge in [0, 0.05) is 43.4 Å². The van der Waals surface area contributed by atoms with E-state index in [-0.39, 0.29) is 16.3 Å². The van der Waals surface area contributed by atoms with Crippen molar-refractivity contribution in [3.63, 3.8) is 0 Å². The number of hydrogen-bond donors (Lipinski definition) is 4. The molecule has 0 aliphatic carbocycles. The molecule has 0 aromatic heterocycles. The fourth-order valence-corrected chi connectivity index (χ4v) is 4.83. The molecule has 2 aromatic rings. The molecule has 3 rings (SSSR count). The molecule has 2 aromatic carbocycles. The molecule has 0 saturated heterocycles. The van der Waals surface area contributed by atoms with Crippen molar-refractivity contribution in [1.29, 1.82) is 0 Å². The minimum Gasteiger partial charge on any atom is -0.507 e. The highest BCUT2D eigenvalue weighted by Crippen LogP contribution is 2.46. The van der Waals surface area contributed by atoms with E-state index in [0.29, 0.717) is 53.5 Å². The second-order valence-electron chi connectivity index (χ2n) is 9.35. The molecule has 0 amide bonds. The molecule has 1 heterocycles. The van der Waals surface area contributed by atoms with Gasteiger partial charge in [0.2, 0.25) is 6.35 Å². The summed E-state index contributed by atoms with van der Waals surface area (Å²) in [5, 5.41) is 27.0. The van der Waals surface area contributed by atoms with Crippen molar-refractivity contribution in [2.75, 3.05) is 51.7 Å². The number of aliphatic hydroxyl groups is 1. The highest BCUT2D eigenvalue weighted by atomic mass is 35.5. The van der Waals surface area contributed by atoms with Crippen LogP contribution in [0.4, 0.5) is 10.1 Å². The van der Waals surface area contributed by atoms with Crippen LogP contribution in [0.2, 0.25) is 5.02 Å². The third-order valence-corrected chi connectivity index (χ3v) is 6.96. The third-order valence-electron chi connectivity index (χ3n) is 6.66. The first-order valence-electron chi connectivity index (χ1n) is 13.1. The average molecular weight is 560 g/mol. The van der Waals surface area contributed by atoms with Crippen LogP contribution in [0.15, 0.2) is 48.5 Å². The summed E-state index contributed by atoms with van der Waals surface area (Å²) >= 11 is 6.80. The van der Waals surface area contributed by atoms with E-state index >= 15 is 4.39 Å². The molecule has 0 spiro atoms. The number of halogens is 2. The van der Waals surface area contributed by atoms with Crippen LogP contribution in [0.3, 0.4) is 0 Å². The highest BCUT2D eigenvalue weighted by molar-refractivity contribution is 6.35. The Balaban J connectivity index is 2.09. The minimum absolute atomic E-state index is 0.00383. The Kier molecular flexibility index (Phi) is 10.9. The maximum absolute atomic E-state index is 15.1. The number of rotatable bonds is 13. The SMILES string of the molecule is C=CC(O)NCCN(C)C1=NC(OCCN(CC)CC)Nc2c1cc(Cl)c(-c1c(O)cccc1F)c2C(=C)C. The zero-order valence-corrected chi connectivity index (χ0v) is 23.9. The standard InChI is InChI=1S/C29H39ClFN5O3/c1-7-23(38)32-13-14-35(6)28-19-17-20(30)25(26-21(31)11-10-12-22(26)37)24(18(4)5)27(19)33-29(34-28)39-16-15-36(8-2)9-3/h7,10-12,17,23,29,32-33,37-38H,1,4,8-9,13-16H2,2-3,5-6H3. The van der Waals surface area contributed by atoms with Gasteiger partial charge in [-0.15, -0.1) is 0 Å². The number of anilines is 1. The van der Waals surface area contributed by atoms with Crippen molar-refractivity contribution in [2.45, 2.75) is 33.4 Å². The van der Waals surface area contributed by atoms with Gasteiger partial charge in [-0.3, -0.25) is 5.32 Å². The van der Waals surface area contributed by atoms with E-state index in [4.69, 9.17) is 21.3 Å². The summed E-state index contributed by atoms with van der Waals surface area (Å²) in [6, 6.07) is 5.86. The van der Waals surface area contributed by atoms with E-state index in [2.05, 4.69) is 42.5 Å². The smallest absolute Gasteiger partial charge is 0.227 e. The van der Waals surface area contributed by atoms with Crippen molar-refractivity contribution in [2.24, 2.45) is 4.99 Å². The molecule has 0 bridgehead atoms. The molecule has 8 nitrogen and oxygen atoms in total. The summed E-state index contributed by atoms with van der Waals surface area (Å²) in [4.78, 5) is 9.02. The molecular weight excluding hydrogens is 521 g/mol. The van der Waals surface area contributed by atoms with Gasteiger partial charge in [0.05, 0.1) is 22.9 Å². The van der Waals surface area contributed by atoms with Crippen LogP contribution >= 0.6 is 11.6 Å². The summed E-state index contributed by atoms with van der Waals surface area (Å²) in [5.74, 6) is -0.208. The van der Waals surface area contributed by atoms with Crippen LogP contribution < -0.4 is 10.6 Å². The van der Waals surface area contributed by atoms with Crippen molar-refractivity contribution in [3.8, 4) is 16.9 Å². The number of hydrogen-bond acceptors (Lipinski definition) is 8. The second-order valence-corrected chi connectivity index (χ2v) is 9.76. The number of aromatic hydroxyl groups is 1. The number of aliphatic imine (C=N–C) groups is 1. The first kappa shape index (κ1) is 30.6. The normalized spacial score (nSPS) is 15.4. The number of amidine groups is 1. The van der Waals surface area contributed by atoms with Gasteiger partial charge in [-0.1, -0.05) is 44.7 Å². The Hall–Kier alpha value is -2.95. The van der Waals surface area contributed by atoms with Crippen molar-refractivity contribution in [1.82, 2.24) is 15.1 Å². The van der Waals surface area contributed by atoms with E-state index in [1.807, 2.05) is 11.9 Å². The molecule has 0 fully saturated rings. The number of allylic oxidation sites excluding steroid dienone is 1. The number of ether oxygens (including phenoxy) is 1. The lowest BCUT2D eigenvalue weighted by atomic mass is 9.89. The molecular formula is C29H39ClFN5O3. The molecule has 2 atom stereocenters. The molecule has 4 N–H and O–H groups in total. The average Bonchev–Trinajstić information content (AvgIpc) is 2.90. The number of fused-ring (bicyclic) bond motifs is 1. The summed E-state index contributed by atoms with van der Waals surface area (Å²) in [6.45, 7) is 17.7. The number of nitrogens with one attached hydrogen (secondary N) is 2. The Morgan fingerprint density at radius 1 is 1.31 bits per heavy atom. The zero-order chi connectivity index (χ0) is 28.7. The lowest BCUT2D eigenvalue weighted by Gasteiger charge is -2.33. The van der Waals surface area contributed by atoms with Crippen LogP contribution in [0, 0.1) is 5.82 Å². The van der Waals surface area contributed by atoms with Gasteiger partial charge in [0.25, 0.3) is 0 Å². The van der Waals surface area contributed by atoms with E-state index in [1.54, 1.807) is 13.0 Å². The van der Waals surface area contributed by atoms with Crippen LogP contribution in [0.25, 0.3) is 16.7 Å².